The minimum atomic E-state index is -0.483. The zero-order chi connectivity index (χ0) is 12.7. The standard InChI is InChI=1S/C12H15N3O3/c13-8-3-11-10(15-12(17)18-11)4-9(8)14-5-6-1-7(16)2-6/h3-4,6-7,14,16H,1-2,5,13H2,(H,15,17). The number of fused-ring (bicyclic) bond motifs is 1. The van der Waals surface area contributed by atoms with Gasteiger partial charge in [-0.2, -0.15) is 0 Å². The second kappa shape index (κ2) is 4.06. The Kier molecular flexibility index (Phi) is 2.52. The first-order valence-electron chi connectivity index (χ1n) is 5.96. The van der Waals surface area contributed by atoms with Crippen molar-refractivity contribution in [2.45, 2.75) is 18.9 Å². The molecule has 0 radical (unpaired) electrons. The first-order chi connectivity index (χ1) is 8.61. The van der Waals surface area contributed by atoms with Crippen molar-refractivity contribution in [1.82, 2.24) is 4.98 Å². The average molecular weight is 249 g/mol. The summed E-state index contributed by atoms with van der Waals surface area (Å²) < 4.78 is 4.92. The number of H-pyrrole nitrogens is 1. The van der Waals surface area contributed by atoms with E-state index in [9.17, 15) is 9.90 Å². The SMILES string of the molecule is Nc1cc2oc(=O)[nH]c2cc1NCC1CC(O)C1. The molecule has 1 saturated carbocycles. The molecule has 1 heterocycles. The molecule has 18 heavy (non-hydrogen) atoms. The molecule has 6 heteroatoms. The molecule has 0 unspecified atom stereocenters. The molecule has 0 saturated heterocycles. The van der Waals surface area contributed by atoms with Crippen LogP contribution in [0.3, 0.4) is 0 Å². The van der Waals surface area contributed by atoms with Crippen LogP contribution in [0.15, 0.2) is 21.3 Å². The van der Waals surface area contributed by atoms with Gasteiger partial charge in [0.1, 0.15) is 0 Å². The van der Waals surface area contributed by atoms with Gasteiger partial charge in [-0.25, -0.2) is 4.79 Å². The predicted octanol–water partition coefficient (Wildman–Crippen LogP) is 0.886. The molecule has 1 aliphatic rings. The molecular weight excluding hydrogens is 234 g/mol. The Morgan fingerprint density at radius 1 is 1.50 bits per heavy atom. The number of anilines is 2. The Labute approximate surface area is 103 Å². The molecular formula is C12H15N3O3. The highest BCUT2D eigenvalue weighted by Gasteiger charge is 2.26. The summed E-state index contributed by atoms with van der Waals surface area (Å²) in [5.41, 5.74) is 8.30. The fourth-order valence-corrected chi connectivity index (χ4v) is 2.29. The third kappa shape index (κ3) is 1.95. The average Bonchev–Trinajstić information content (AvgIpc) is 2.62. The smallest absolute Gasteiger partial charge is 0.408 e. The number of aliphatic hydroxyl groups is 1. The van der Waals surface area contributed by atoms with Gasteiger partial charge in [0.15, 0.2) is 5.58 Å². The number of hydrogen-bond acceptors (Lipinski definition) is 5. The summed E-state index contributed by atoms with van der Waals surface area (Å²) in [6, 6.07) is 3.40. The number of nitrogens with two attached hydrogens (primary N) is 1. The van der Waals surface area contributed by atoms with Gasteiger partial charge in [0.05, 0.1) is 23.0 Å². The topological polar surface area (TPSA) is 104 Å². The van der Waals surface area contributed by atoms with Gasteiger partial charge in [0, 0.05) is 12.6 Å². The number of hydrogen-bond donors (Lipinski definition) is 4. The minimum Gasteiger partial charge on any atom is -0.408 e. The van der Waals surface area contributed by atoms with Crippen LogP contribution in [0.5, 0.6) is 0 Å². The highest BCUT2D eigenvalue weighted by atomic mass is 16.4. The number of rotatable bonds is 3. The summed E-state index contributed by atoms with van der Waals surface area (Å²) in [5, 5.41) is 12.4. The second-order valence-electron chi connectivity index (χ2n) is 4.82. The fourth-order valence-electron chi connectivity index (χ4n) is 2.29. The maximum Gasteiger partial charge on any atom is 0.417 e. The normalized spacial score (nSPS) is 22.9. The van der Waals surface area contributed by atoms with Crippen molar-refractivity contribution in [2.24, 2.45) is 5.92 Å². The highest BCUT2D eigenvalue weighted by Crippen LogP contribution is 2.29. The molecule has 1 aliphatic carbocycles. The molecule has 96 valence electrons. The van der Waals surface area contributed by atoms with E-state index in [0.29, 0.717) is 22.7 Å². The molecule has 0 bridgehead atoms. The van der Waals surface area contributed by atoms with E-state index < -0.39 is 5.76 Å². The van der Waals surface area contributed by atoms with Gasteiger partial charge in [-0.1, -0.05) is 0 Å². The van der Waals surface area contributed by atoms with E-state index in [4.69, 9.17) is 10.2 Å². The first-order valence-corrected chi connectivity index (χ1v) is 5.96. The zero-order valence-electron chi connectivity index (χ0n) is 9.77. The van der Waals surface area contributed by atoms with Crippen molar-refractivity contribution in [3.05, 3.63) is 22.7 Å². The van der Waals surface area contributed by atoms with Crippen molar-refractivity contribution in [3.8, 4) is 0 Å². The lowest BCUT2D eigenvalue weighted by Crippen LogP contribution is -2.33. The van der Waals surface area contributed by atoms with Gasteiger partial charge in [0.2, 0.25) is 0 Å². The summed E-state index contributed by atoms with van der Waals surface area (Å²) in [6.07, 6.45) is 1.51. The van der Waals surface area contributed by atoms with Crippen molar-refractivity contribution in [3.63, 3.8) is 0 Å². The van der Waals surface area contributed by atoms with E-state index in [1.54, 1.807) is 12.1 Å². The van der Waals surface area contributed by atoms with Crippen molar-refractivity contribution >= 4 is 22.5 Å². The van der Waals surface area contributed by atoms with Gasteiger partial charge in [0.25, 0.3) is 0 Å². The zero-order valence-corrected chi connectivity index (χ0v) is 9.77. The molecule has 0 amide bonds. The summed E-state index contributed by atoms with van der Waals surface area (Å²) in [5.74, 6) is 0.00200. The number of nitrogens with one attached hydrogen (secondary N) is 2. The molecule has 0 aliphatic heterocycles. The summed E-state index contributed by atoms with van der Waals surface area (Å²) >= 11 is 0. The van der Waals surface area contributed by atoms with E-state index in [2.05, 4.69) is 10.3 Å². The lowest BCUT2D eigenvalue weighted by molar-refractivity contribution is 0.0487. The molecule has 0 atom stereocenters. The largest absolute Gasteiger partial charge is 0.417 e. The molecule has 5 N–H and O–H groups in total. The Morgan fingerprint density at radius 2 is 2.28 bits per heavy atom. The number of benzene rings is 1. The summed E-state index contributed by atoms with van der Waals surface area (Å²) in [6.45, 7) is 0.773. The summed E-state index contributed by atoms with van der Waals surface area (Å²) in [7, 11) is 0. The fraction of sp³-hybridized carbons (Fsp3) is 0.417. The second-order valence-corrected chi connectivity index (χ2v) is 4.82. The molecule has 2 aromatic rings. The lowest BCUT2D eigenvalue weighted by atomic mass is 9.82. The van der Waals surface area contributed by atoms with E-state index in [1.165, 1.54) is 0 Å². The Balaban J connectivity index is 1.78. The van der Waals surface area contributed by atoms with Crippen LogP contribution in [-0.2, 0) is 0 Å². The number of nitrogen functional groups attached to an aromatic ring is 1. The molecule has 1 fully saturated rings. The van der Waals surface area contributed by atoms with Gasteiger partial charge in [-0.3, -0.25) is 4.98 Å². The van der Waals surface area contributed by atoms with Crippen LogP contribution in [-0.4, -0.2) is 22.7 Å². The maximum absolute atomic E-state index is 11.1. The monoisotopic (exact) mass is 249 g/mol. The third-order valence-corrected chi connectivity index (χ3v) is 3.38. The number of aliphatic hydroxyl groups excluding tert-OH is 1. The van der Waals surface area contributed by atoms with E-state index in [-0.39, 0.29) is 6.10 Å². The number of oxazole rings is 1. The van der Waals surface area contributed by atoms with E-state index in [0.717, 1.165) is 25.1 Å². The van der Waals surface area contributed by atoms with Crippen LogP contribution in [0.4, 0.5) is 11.4 Å². The molecule has 3 rings (SSSR count). The van der Waals surface area contributed by atoms with Gasteiger partial charge < -0.3 is 20.6 Å². The van der Waals surface area contributed by atoms with Crippen LogP contribution in [0, 0.1) is 5.92 Å². The predicted molar refractivity (Wildman–Crippen MR) is 68.5 cm³/mol. The Hall–Kier alpha value is -1.95. The Bertz CT molecular complexity index is 625. The van der Waals surface area contributed by atoms with Gasteiger partial charge in [-0.15, -0.1) is 0 Å². The third-order valence-electron chi connectivity index (χ3n) is 3.38. The van der Waals surface area contributed by atoms with Crippen LogP contribution >= 0.6 is 0 Å². The van der Waals surface area contributed by atoms with Crippen LogP contribution < -0.4 is 16.8 Å². The van der Waals surface area contributed by atoms with Crippen LogP contribution in [0.25, 0.3) is 11.1 Å². The van der Waals surface area contributed by atoms with E-state index in [1.807, 2.05) is 0 Å². The highest BCUT2D eigenvalue weighted by molar-refractivity contribution is 5.85. The van der Waals surface area contributed by atoms with Crippen LogP contribution in [0.2, 0.25) is 0 Å². The summed E-state index contributed by atoms with van der Waals surface area (Å²) in [4.78, 5) is 13.6. The van der Waals surface area contributed by atoms with Crippen molar-refractivity contribution in [2.75, 3.05) is 17.6 Å². The van der Waals surface area contributed by atoms with Crippen LogP contribution in [0.1, 0.15) is 12.8 Å². The number of aromatic amines is 1. The van der Waals surface area contributed by atoms with Crippen molar-refractivity contribution < 1.29 is 9.52 Å². The van der Waals surface area contributed by atoms with Gasteiger partial charge in [-0.05, 0) is 24.8 Å². The maximum atomic E-state index is 11.1. The molecule has 0 spiro atoms. The minimum absolute atomic E-state index is 0.151. The van der Waals surface area contributed by atoms with E-state index >= 15 is 0 Å². The van der Waals surface area contributed by atoms with Gasteiger partial charge >= 0.3 is 5.76 Å². The molecule has 1 aromatic heterocycles. The molecule has 1 aromatic carbocycles. The quantitative estimate of drug-likeness (QED) is 0.605. The molecule has 6 nitrogen and oxygen atoms in total. The lowest BCUT2D eigenvalue weighted by Gasteiger charge is -2.31. The van der Waals surface area contributed by atoms with Crippen molar-refractivity contribution in [1.29, 1.82) is 0 Å². The first kappa shape index (κ1) is 11.2. The Morgan fingerprint density at radius 3 is 3.00 bits per heavy atom. The number of aromatic nitrogens is 1.